The first-order chi connectivity index (χ1) is 12.0. The predicted molar refractivity (Wildman–Crippen MR) is 101 cm³/mol. The molecular weight excluding hydrogens is 314 g/mol. The van der Waals surface area contributed by atoms with Gasteiger partial charge in [0, 0.05) is 29.5 Å². The Labute approximate surface area is 148 Å². The monoisotopic (exact) mass is 337 g/mol. The van der Waals surface area contributed by atoms with E-state index in [1.807, 2.05) is 61.2 Å². The molecule has 3 rings (SSSR count). The van der Waals surface area contributed by atoms with Gasteiger partial charge in [0.25, 0.3) is 0 Å². The first-order valence-corrected chi connectivity index (χ1v) is 8.57. The van der Waals surface area contributed by atoms with Gasteiger partial charge in [-0.15, -0.1) is 0 Å². The summed E-state index contributed by atoms with van der Waals surface area (Å²) in [6.45, 7) is 4.69. The van der Waals surface area contributed by atoms with E-state index in [-0.39, 0.29) is 24.3 Å². The summed E-state index contributed by atoms with van der Waals surface area (Å²) >= 11 is 0. The Kier molecular flexibility index (Phi) is 5.03. The number of carbonyl (C=O) groups is 2. The van der Waals surface area contributed by atoms with Gasteiger partial charge < -0.3 is 15.5 Å². The number of para-hydroxylation sites is 1. The van der Waals surface area contributed by atoms with E-state index in [0.717, 1.165) is 30.0 Å². The number of benzene rings is 2. The third-order valence-corrected chi connectivity index (χ3v) is 4.31. The topological polar surface area (TPSA) is 61.4 Å². The highest BCUT2D eigenvalue weighted by Crippen LogP contribution is 2.27. The largest absolute Gasteiger partial charge is 0.376 e. The smallest absolute Gasteiger partial charge is 0.246 e. The van der Waals surface area contributed by atoms with Crippen molar-refractivity contribution in [2.75, 3.05) is 28.6 Å². The zero-order valence-corrected chi connectivity index (χ0v) is 14.6. The van der Waals surface area contributed by atoms with Crippen LogP contribution in [0.1, 0.15) is 19.4 Å². The van der Waals surface area contributed by atoms with Crippen molar-refractivity contribution in [1.82, 2.24) is 0 Å². The number of hydrogen-bond acceptors (Lipinski definition) is 3. The molecule has 1 heterocycles. The van der Waals surface area contributed by atoms with E-state index in [4.69, 9.17) is 0 Å². The quantitative estimate of drug-likeness (QED) is 0.880. The molecule has 0 atom stereocenters. The van der Waals surface area contributed by atoms with Crippen LogP contribution >= 0.6 is 0 Å². The van der Waals surface area contributed by atoms with Crippen molar-refractivity contribution < 1.29 is 9.59 Å². The van der Waals surface area contributed by atoms with Gasteiger partial charge in [-0.3, -0.25) is 9.59 Å². The van der Waals surface area contributed by atoms with Crippen LogP contribution in [-0.2, 0) is 16.0 Å². The van der Waals surface area contributed by atoms with Crippen LogP contribution < -0.4 is 15.5 Å². The van der Waals surface area contributed by atoms with E-state index >= 15 is 0 Å². The second kappa shape index (κ2) is 7.38. The number of nitrogens with one attached hydrogen (secondary N) is 2. The van der Waals surface area contributed by atoms with Gasteiger partial charge in [-0.1, -0.05) is 32.0 Å². The van der Waals surface area contributed by atoms with Crippen LogP contribution in [0.25, 0.3) is 0 Å². The molecular formula is C20H23N3O2. The highest BCUT2D eigenvalue weighted by Gasteiger charge is 2.23. The van der Waals surface area contributed by atoms with Gasteiger partial charge >= 0.3 is 0 Å². The van der Waals surface area contributed by atoms with E-state index in [0.29, 0.717) is 0 Å². The minimum absolute atomic E-state index is 0.0106. The van der Waals surface area contributed by atoms with Gasteiger partial charge in [-0.25, -0.2) is 0 Å². The van der Waals surface area contributed by atoms with Crippen LogP contribution in [0.5, 0.6) is 0 Å². The number of nitrogens with zero attached hydrogens (tertiary/aromatic N) is 1. The summed E-state index contributed by atoms with van der Waals surface area (Å²) in [5.74, 6) is -0.00974. The molecule has 1 aliphatic heterocycles. The molecule has 0 aliphatic carbocycles. The molecule has 2 aromatic rings. The molecule has 2 N–H and O–H groups in total. The van der Waals surface area contributed by atoms with Crippen LogP contribution in [0.15, 0.2) is 48.5 Å². The summed E-state index contributed by atoms with van der Waals surface area (Å²) in [4.78, 5) is 26.0. The van der Waals surface area contributed by atoms with Gasteiger partial charge in [0.2, 0.25) is 11.8 Å². The lowest BCUT2D eigenvalue weighted by molar-refractivity contribution is -0.119. The SMILES string of the molecule is CC(C)C(=O)Nc1ccc(NCC(=O)N2CCc3ccccc32)cc1. The molecule has 0 saturated carbocycles. The van der Waals surface area contributed by atoms with Gasteiger partial charge in [0.1, 0.15) is 0 Å². The van der Waals surface area contributed by atoms with Crippen LogP contribution in [0.3, 0.4) is 0 Å². The number of fused-ring (bicyclic) bond motifs is 1. The number of hydrogen-bond donors (Lipinski definition) is 2. The summed E-state index contributed by atoms with van der Waals surface area (Å²) in [6, 6.07) is 15.4. The molecule has 0 aromatic heterocycles. The molecule has 0 saturated heterocycles. The predicted octanol–water partition coefficient (Wildman–Crippen LogP) is 3.28. The Hall–Kier alpha value is -2.82. The summed E-state index contributed by atoms with van der Waals surface area (Å²) in [5, 5.41) is 6.00. The fourth-order valence-corrected chi connectivity index (χ4v) is 2.83. The third-order valence-electron chi connectivity index (χ3n) is 4.31. The van der Waals surface area contributed by atoms with Crippen molar-refractivity contribution in [3.8, 4) is 0 Å². The van der Waals surface area contributed by atoms with Crippen molar-refractivity contribution in [3.05, 3.63) is 54.1 Å². The molecule has 0 fully saturated rings. The normalized spacial score (nSPS) is 12.8. The van der Waals surface area contributed by atoms with Crippen molar-refractivity contribution in [2.45, 2.75) is 20.3 Å². The standard InChI is InChI=1S/C20H23N3O2/c1-14(2)20(25)22-17-9-7-16(8-10-17)21-13-19(24)23-12-11-15-5-3-4-6-18(15)23/h3-10,14,21H,11-13H2,1-2H3,(H,22,25). The molecule has 0 bridgehead atoms. The lowest BCUT2D eigenvalue weighted by Crippen LogP contribution is -2.34. The first kappa shape index (κ1) is 17.0. The number of amides is 2. The Morgan fingerprint density at radius 2 is 1.72 bits per heavy atom. The second-order valence-corrected chi connectivity index (χ2v) is 6.50. The van der Waals surface area contributed by atoms with E-state index in [2.05, 4.69) is 16.7 Å². The Bertz CT molecular complexity index is 769. The average molecular weight is 337 g/mol. The Morgan fingerprint density at radius 1 is 1.04 bits per heavy atom. The summed E-state index contributed by atoms with van der Waals surface area (Å²) in [5.41, 5.74) is 3.84. The van der Waals surface area contributed by atoms with Gasteiger partial charge in [-0.2, -0.15) is 0 Å². The number of rotatable bonds is 5. The number of carbonyl (C=O) groups excluding carboxylic acids is 2. The molecule has 2 aromatic carbocycles. The summed E-state index contributed by atoms with van der Waals surface area (Å²) < 4.78 is 0. The van der Waals surface area contributed by atoms with E-state index in [9.17, 15) is 9.59 Å². The Balaban J connectivity index is 1.55. The van der Waals surface area contributed by atoms with Crippen LogP contribution in [0.4, 0.5) is 17.1 Å². The highest BCUT2D eigenvalue weighted by molar-refractivity contribution is 5.98. The van der Waals surface area contributed by atoms with E-state index in [1.165, 1.54) is 5.56 Å². The molecule has 0 unspecified atom stereocenters. The van der Waals surface area contributed by atoms with E-state index in [1.54, 1.807) is 0 Å². The first-order valence-electron chi connectivity index (χ1n) is 8.57. The van der Waals surface area contributed by atoms with Gasteiger partial charge in [-0.05, 0) is 42.3 Å². The zero-order chi connectivity index (χ0) is 17.8. The highest BCUT2D eigenvalue weighted by atomic mass is 16.2. The minimum atomic E-state index is -0.0567. The molecule has 25 heavy (non-hydrogen) atoms. The molecule has 0 spiro atoms. The van der Waals surface area contributed by atoms with Crippen LogP contribution in [0.2, 0.25) is 0 Å². The molecule has 130 valence electrons. The third kappa shape index (κ3) is 3.99. The van der Waals surface area contributed by atoms with Gasteiger partial charge in [0.05, 0.1) is 6.54 Å². The molecule has 5 nitrogen and oxygen atoms in total. The maximum atomic E-state index is 12.5. The average Bonchev–Trinajstić information content (AvgIpc) is 3.05. The fourth-order valence-electron chi connectivity index (χ4n) is 2.83. The lowest BCUT2D eigenvalue weighted by Gasteiger charge is -2.18. The lowest BCUT2D eigenvalue weighted by atomic mass is 10.2. The molecule has 2 amide bonds. The fraction of sp³-hybridized carbons (Fsp3) is 0.300. The van der Waals surface area contributed by atoms with Crippen LogP contribution in [0, 0.1) is 5.92 Å². The van der Waals surface area contributed by atoms with Crippen LogP contribution in [-0.4, -0.2) is 24.9 Å². The number of anilines is 3. The van der Waals surface area contributed by atoms with Crippen molar-refractivity contribution in [2.24, 2.45) is 5.92 Å². The Morgan fingerprint density at radius 3 is 2.44 bits per heavy atom. The second-order valence-electron chi connectivity index (χ2n) is 6.50. The van der Waals surface area contributed by atoms with Gasteiger partial charge in [0.15, 0.2) is 0 Å². The van der Waals surface area contributed by atoms with Crippen molar-refractivity contribution in [1.29, 1.82) is 0 Å². The summed E-state index contributed by atoms with van der Waals surface area (Å²) in [7, 11) is 0. The molecule has 0 radical (unpaired) electrons. The maximum absolute atomic E-state index is 12.5. The van der Waals surface area contributed by atoms with Crippen molar-refractivity contribution in [3.63, 3.8) is 0 Å². The maximum Gasteiger partial charge on any atom is 0.246 e. The van der Waals surface area contributed by atoms with Crippen molar-refractivity contribution >= 4 is 28.9 Å². The molecule has 5 heteroatoms. The molecule has 1 aliphatic rings. The van der Waals surface area contributed by atoms with E-state index < -0.39 is 0 Å². The summed E-state index contributed by atoms with van der Waals surface area (Å²) in [6.07, 6.45) is 0.909. The zero-order valence-electron chi connectivity index (χ0n) is 14.6. The minimum Gasteiger partial charge on any atom is -0.376 e.